The second-order valence-corrected chi connectivity index (χ2v) is 0. The smallest absolute Gasteiger partial charge is 0 e. The van der Waals surface area contributed by atoms with Gasteiger partial charge in [0.1, 0.15) is 0 Å². The van der Waals surface area contributed by atoms with Gasteiger partial charge in [0.05, 0.1) is 0 Å². The van der Waals surface area contributed by atoms with Crippen LogP contribution in [0.5, 0.6) is 0 Å². The third-order valence-electron chi connectivity index (χ3n) is 0. The second kappa shape index (κ2) is 20.3. The minimum absolute atomic E-state index is 0. The molecule has 0 atom stereocenters. The zero-order chi connectivity index (χ0) is 0. The van der Waals surface area contributed by atoms with E-state index in [0.29, 0.717) is 0 Å². The van der Waals surface area contributed by atoms with E-state index >= 15 is 0 Å². The fourth-order valence-corrected chi connectivity index (χ4v) is 0. The molecule has 0 fully saturated rings. The summed E-state index contributed by atoms with van der Waals surface area (Å²) in [7, 11) is 0. The van der Waals surface area contributed by atoms with Crippen LogP contribution in [-0.2, 0) is 0 Å². The molecule has 0 aliphatic heterocycles. The van der Waals surface area contributed by atoms with Gasteiger partial charge in [-0.2, -0.15) is 0 Å². The van der Waals surface area contributed by atoms with E-state index in [2.05, 4.69) is 0 Å². The van der Waals surface area contributed by atoms with Gasteiger partial charge in [-0.3, -0.25) is 0 Å². The Morgan fingerprint density at radius 2 is 0.750 bits per heavy atom. The van der Waals surface area contributed by atoms with Gasteiger partial charge >= 0.3 is 0 Å². The first-order valence-electron chi connectivity index (χ1n) is 0. The Hall–Kier alpha value is 1.96. The van der Waals surface area contributed by atoms with Crippen LogP contribution in [0, 0.1) is 60.3 Å². The van der Waals surface area contributed by atoms with E-state index in [1.807, 2.05) is 0 Å². The molecule has 0 amide bonds. The molecular formula is H4O2PuU. The van der Waals surface area contributed by atoms with E-state index in [4.69, 9.17) is 0 Å². The van der Waals surface area contributed by atoms with Crippen LogP contribution in [-0.4, -0.2) is 11.0 Å². The summed E-state index contributed by atoms with van der Waals surface area (Å²) in [6.45, 7) is 0. The molecule has 0 spiro atoms. The van der Waals surface area contributed by atoms with Crippen molar-refractivity contribution in [3.63, 3.8) is 0 Å². The zero-order valence-electron chi connectivity index (χ0n) is 1.91. The molecule has 0 saturated heterocycles. The van der Waals surface area contributed by atoms with E-state index in [1.54, 1.807) is 0 Å². The normalized spacial score (nSPS) is 0. The van der Waals surface area contributed by atoms with Crippen molar-refractivity contribution >= 4 is 0 Å². The van der Waals surface area contributed by atoms with Crippen molar-refractivity contribution in [3.05, 3.63) is 0 Å². The molecule has 0 unspecified atom stereocenters. The van der Waals surface area contributed by atoms with Gasteiger partial charge in [0.15, 0.2) is 0 Å². The van der Waals surface area contributed by atoms with Crippen molar-refractivity contribution in [2.24, 2.45) is 0 Å². The largest absolute Gasteiger partial charge is 0.412 e. The van der Waals surface area contributed by atoms with Gasteiger partial charge in [0.25, 0.3) is 0 Å². The summed E-state index contributed by atoms with van der Waals surface area (Å²) >= 11 is 0. The molecular weight excluding hydrogens is 514 g/mol. The summed E-state index contributed by atoms with van der Waals surface area (Å²) in [5, 5.41) is 0. The van der Waals surface area contributed by atoms with E-state index in [9.17, 15) is 0 Å². The molecule has 0 aliphatic carbocycles. The van der Waals surface area contributed by atoms with Gasteiger partial charge < -0.3 is 11.0 Å². The van der Waals surface area contributed by atoms with Gasteiger partial charge in [0.2, 0.25) is 0 Å². The molecule has 4 heavy (non-hydrogen) atoms. The predicted octanol–water partition coefficient (Wildman–Crippen LogP) is -1.65. The Kier molecular flexibility index (Phi) is 193. The van der Waals surface area contributed by atoms with E-state index in [-0.39, 0.29) is 71.2 Å². The fraction of sp³-hybridized carbons (Fsp3) is 0. The maximum atomic E-state index is 0. The molecule has 0 aromatic heterocycles. The zero-order valence-corrected chi connectivity index (χ0v) is 9.47. The molecule has 26 valence electrons. The van der Waals surface area contributed by atoms with Crippen LogP contribution >= 0.6 is 0 Å². The Morgan fingerprint density at radius 1 is 0.750 bits per heavy atom. The molecule has 0 aromatic rings. The SMILES string of the molecule is O.O.[Pu].[U]. The Labute approximate surface area is 70.3 Å². The first-order valence-corrected chi connectivity index (χ1v) is 0. The van der Waals surface area contributed by atoms with Crippen LogP contribution in [0.15, 0.2) is 0 Å². The van der Waals surface area contributed by atoms with Crippen molar-refractivity contribution in [3.8, 4) is 0 Å². The fourth-order valence-electron chi connectivity index (χ4n) is 0. The van der Waals surface area contributed by atoms with Crippen LogP contribution in [0.2, 0.25) is 0 Å². The standard InChI is InChI=1S/2H2O.Pu.U/h2*1H2;;. The Bertz CT molecular complexity index is 6.00. The monoisotopic (exact) mass is 512 g/mol. The molecule has 0 heterocycles. The quantitative estimate of drug-likeness (QED) is 0.370. The predicted molar refractivity (Wildman–Crippen MR) is 7.23 cm³/mol. The number of hydrogen-bond acceptors (Lipinski definition) is 0. The molecule has 0 rings (SSSR count). The molecule has 0 radical (unpaired) electrons. The minimum Gasteiger partial charge on any atom is -0.412 e. The van der Waals surface area contributed by atoms with Crippen molar-refractivity contribution in [2.75, 3.05) is 0 Å². The molecule has 4 N–H and O–H groups in total. The maximum Gasteiger partial charge on any atom is 0 e. The van der Waals surface area contributed by atoms with Crippen LogP contribution in [0.1, 0.15) is 0 Å². The van der Waals surface area contributed by atoms with Crippen molar-refractivity contribution < 1.29 is 71.2 Å². The third kappa shape index (κ3) is 9.03. The molecule has 0 bridgehead atoms. The average Bonchev–Trinajstić information content (AvgIpc) is 0. The third-order valence-corrected chi connectivity index (χ3v) is 0. The number of rotatable bonds is 0. The summed E-state index contributed by atoms with van der Waals surface area (Å²) < 4.78 is 0. The topological polar surface area (TPSA) is 63.0 Å². The first kappa shape index (κ1) is 38.2. The van der Waals surface area contributed by atoms with Gasteiger partial charge in [-0.05, 0) is 0 Å². The Morgan fingerprint density at radius 3 is 0.750 bits per heavy atom. The Balaban J connectivity index is 0. The summed E-state index contributed by atoms with van der Waals surface area (Å²) in [6, 6.07) is 0. The summed E-state index contributed by atoms with van der Waals surface area (Å²) in [6.07, 6.45) is 0. The maximum absolute atomic E-state index is 0. The van der Waals surface area contributed by atoms with Crippen molar-refractivity contribution in [1.82, 2.24) is 0 Å². The van der Waals surface area contributed by atoms with E-state index in [0.717, 1.165) is 0 Å². The average molecular weight is 518 g/mol. The summed E-state index contributed by atoms with van der Waals surface area (Å²) in [5.41, 5.74) is 0. The van der Waals surface area contributed by atoms with Crippen LogP contribution in [0.25, 0.3) is 0 Å². The van der Waals surface area contributed by atoms with Gasteiger partial charge in [-0.15, -0.1) is 0 Å². The van der Waals surface area contributed by atoms with E-state index < -0.39 is 0 Å². The molecule has 0 aromatic carbocycles. The molecule has 4 heteroatoms. The molecule has 0 aliphatic rings. The number of hydrogen-bond donors (Lipinski definition) is 0. The van der Waals surface area contributed by atoms with Crippen molar-refractivity contribution in [1.29, 1.82) is 0 Å². The minimum atomic E-state index is 0. The molecule has 2 nitrogen and oxygen atoms in total. The first-order chi connectivity index (χ1) is 0. The van der Waals surface area contributed by atoms with Crippen LogP contribution in [0.3, 0.4) is 0 Å². The van der Waals surface area contributed by atoms with Crippen LogP contribution < -0.4 is 0 Å². The van der Waals surface area contributed by atoms with Crippen molar-refractivity contribution in [2.45, 2.75) is 0 Å². The molecule has 0 saturated carbocycles. The van der Waals surface area contributed by atoms with E-state index in [1.165, 1.54) is 0 Å². The van der Waals surface area contributed by atoms with Crippen LogP contribution in [0.4, 0.5) is 0 Å². The van der Waals surface area contributed by atoms with Gasteiger partial charge in [-0.1, -0.05) is 0 Å². The summed E-state index contributed by atoms with van der Waals surface area (Å²) in [5.74, 6) is 0. The second-order valence-electron chi connectivity index (χ2n) is 0. The summed E-state index contributed by atoms with van der Waals surface area (Å²) in [4.78, 5) is 0. The van der Waals surface area contributed by atoms with Gasteiger partial charge in [0, 0.05) is 60.3 Å². The van der Waals surface area contributed by atoms with Gasteiger partial charge in [-0.25, -0.2) is 0 Å².